The van der Waals surface area contributed by atoms with E-state index in [2.05, 4.69) is 4.94 Å². The summed E-state index contributed by atoms with van der Waals surface area (Å²) in [6, 6.07) is 0. The van der Waals surface area contributed by atoms with Gasteiger partial charge >= 0.3 is 6.09 Å². The van der Waals surface area contributed by atoms with Gasteiger partial charge in [-0.3, -0.25) is 0 Å². The molecule has 0 radical (unpaired) electrons. The third kappa shape index (κ3) is 5.43. The van der Waals surface area contributed by atoms with E-state index in [0.29, 0.717) is 6.54 Å². The molecular weight excluding hydrogens is 172 g/mol. The lowest BCUT2D eigenvalue weighted by molar-refractivity contribution is -0.150. The van der Waals surface area contributed by atoms with Crippen molar-refractivity contribution in [2.45, 2.75) is 39.7 Å². The van der Waals surface area contributed by atoms with Gasteiger partial charge in [0, 0.05) is 0 Å². The van der Waals surface area contributed by atoms with Crippen LogP contribution < -0.4 is 5.90 Å². The maximum absolute atomic E-state index is 11.3. The number of rotatable bonds is 3. The maximum Gasteiger partial charge on any atom is 0.435 e. The highest BCUT2D eigenvalue weighted by Gasteiger charge is 2.21. The molecule has 0 unspecified atom stereocenters. The molecule has 0 heterocycles. The third-order valence-corrected chi connectivity index (χ3v) is 1.15. The molecule has 0 aliphatic rings. The summed E-state index contributed by atoms with van der Waals surface area (Å²) in [5.74, 6) is 4.90. The predicted molar refractivity (Wildman–Crippen MR) is 48.5 cm³/mol. The zero-order valence-corrected chi connectivity index (χ0v) is 8.66. The Morgan fingerprint density at radius 3 is 2.31 bits per heavy atom. The average Bonchev–Trinajstić information content (AvgIpc) is 1.96. The lowest BCUT2D eigenvalue weighted by atomic mass is 10.2. The number of amides is 1. The minimum atomic E-state index is -0.558. The van der Waals surface area contributed by atoms with E-state index in [4.69, 9.17) is 10.6 Å². The first-order valence-electron chi connectivity index (χ1n) is 4.28. The Morgan fingerprint density at radius 2 is 2.00 bits per heavy atom. The topological polar surface area (TPSA) is 64.8 Å². The lowest BCUT2D eigenvalue weighted by Crippen LogP contribution is -2.38. The largest absolute Gasteiger partial charge is 0.442 e. The summed E-state index contributed by atoms with van der Waals surface area (Å²) in [5.41, 5.74) is -0.526. The van der Waals surface area contributed by atoms with Crippen molar-refractivity contribution in [3.05, 3.63) is 0 Å². The van der Waals surface area contributed by atoms with Crippen molar-refractivity contribution in [3.63, 3.8) is 0 Å². The van der Waals surface area contributed by atoms with Gasteiger partial charge in [0.2, 0.25) is 0 Å². The summed E-state index contributed by atoms with van der Waals surface area (Å²) < 4.78 is 5.03. The van der Waals surface area contributed by atoms with E-state index in [1.807, 2.05) is 6.92 Å². The second-order valence-electron chi connectivity index (χ2n) is 3.69. The molecule has 0 aromatic carbocycles. The molecule has 0 fully saturated rings. The molecule has 0 aromatic heterocycles. The standard InChI is InChI=1S/C8H18N2O3/c1-5-6-10(13-9)7(11)12-8(2,3)4/h5-6,9H2,1-4H3. The third-order valence-electron chi connectivity index (χ3n) is 1.15. The van der Waals surface area contributed by atoms with Crippen LogP contribution in [0.4, 0.5) is 4.79 Å². The van der Waals surface area contributed by atoms with E-state index in [1.54, 1.807) is 20.8 Å². The Hall–Kier alpha value is -0.810. The van der Waals surface area contributed by atoms with Crippen molar-refractivity contribution in [2.75, 3.05) is 6.54 Å². The SMILES string of the molecule is CCCN(ON)C(=O)OC(C)(C)C. The van der Waals surface area contributed by atoms with Crippen LogP contribution in [-0.2, 0) is 9.68 Å². The average molecular weight is 190 g/mol. The summed E-state index contributed by atoms with van der Waals surface area (Å²) >= 11 is 0. The highest BCUT2D eigenvalue weighted by atomic mass is 16.8. The number of hydrogen-bond donors (Lipinski definition) is 1. The molecule has 1 amide bonds. The second kappa shape index (κ2) is 5.04. The van der Waals surface area contributed by atoms with Gasteiger partial charge in [-0.1, -0.05) is 6.92 Å². The highest BCUT2D eigenvalue weighted by Crippen LogP contribution is 2.09. The zero-order chi connectivity index (χ0) is 10.5. The van der Waals surface area contributed by atoms with Gasteiger partial charge in [-0.05, 0) is 27.2 Å². The Morgan fingerprint density at radius 1 is 1.46 bits per heavy atom. The second-order valence-corrected chi connectivity index (χ2v) is 3.69. The Labute approximate surface area is 78.7 Å². The van der Waals surface area contributed by atoms with Crippen LogP contribution >= 0.6 is 0 Å². The van der Waals surface area contributed by atoms with Crippen molar-refractivity contribution in [1.82, 2.24) is 5.06 Å². The van der Waals surface area contributed by atoms with E-state index in [-0.39, 0.29) is 0 Å². The first-order valence-corrected chi connectivity index (χ1v) is 4.28. The molecule has 78 valence electrons. The van der Waals surface area contributed by atoms with Crippen molar-refractivity contribution < 1.29 is 14.5 Å². The van der Waals surface area contributed by atoms with Gasteiger partial charge in [0.15, 0.2) is 0 Å². The summed E-state index contributed by atoms with van der Waals surface area (Å²) in [6.07, 6.45) is 0.202. The molecule has 2 N–H and O–H groups in total. The van der Waals surface area contributed by atoms with Crippen LogP contribution in [0.5, 0.6) is 0 Å². The quantitative estimate of drug-likeness (QED) is 0.684. The van der Waals surface area contributed by atoms with Crippen LogP contribution in [-0.4, -0.2) is 23.3 Å². The predicted octanol–water partition coefficient (Wildman–Crippen LogP) is 1.44. The van der Waals surface area contributed by atoms with E-state index < -0.39 is 11.7 Å². The van der Waals surface area contributed by atoms with E-state index in [1.165, 1.54) is 0 Å². The number of nitrogens with zero attached hydrogens (tertiary/aromatic N) is 1. The molecule has 0 saturated carbocycles. The highest BCUT2D eigenvalue weighted by molar-refractivity contribution is 5.66. The Bertz CT molecular complexity index is 165. The van der Waals surface area contributed by atoms with Crippen LogP contribution in [0.25, 0.3) is 0 Å². The summed E-state index contributed by atoms with van der Waals surface area (Å²) in [5, 5.41) is 0.991. The molecular formula is C8H18N2O3. The van der Waals surface area contributed by atoms with Crippen molar-refractivity contribution >= 4 is 6.09 Å². The fourth-order valence-corrected chi connectivity index (χ4v) is 0.703. The monoisotopic (exact) mass is 190 g/mol. The summed E-state index contributed by atoms with van der Waals surface area (Å²) in [7, 11) is 0. The molecule has 0 aliphatic heterocycles. The van der Waals surface area contributed by atoms with Gasteiger partial charge in [0.1, 0.15) is 5.60 Å². The van der Waals surface area contributed by atoms with Crippen molar-refractivity contribution in [2.24, 2.45) is 5.90 Å². The Kier molecular flexibility index (Phi) is 4.72. The Balaban J connectivity index is 4.06. The van der Waals surface area contributed by atoms with Crippen molar-refractivity contribution in [3.8, 4) is 0 Å². The smallest absolute Gasteiger partial charge is 0.435 e. The molecule has 5 nitrogen and oxygen atoms in total. The van der Waals surface area contributed by atoms with Gasteiger partial charge < -0.3 is 4.74 Å². The molecule has 0 spiro atoms. The molecule has 0 rings (SSSR count). The molecule has 0 bridgehead atoms. The van der Waals surface area contributed by atoms with Gasteiger partial charge in [-0.15, -0.1) is 0 Å². The van der Waals surface area contributed by atoms with Crippen molar-refractivity contribution in [1.29, 1.82) is 0 Å². The van der Waals surface area contributed by atoms with Gasteiger partial charge in [0.25, 0.3) is 0 Å². The fourth-order valence-electron chi connectivity index (χ4n) is 0.703. The minimum absolute atomic E-state index is 0.422. The first kappa shape index (κ1) is 12.2. The first-order chi connectivity index (χ1) is 5.90. The van der Waals surface area contributed by atoms with E-state index >= 15 is 0 Å². The van der Waals surface area contributed by atoms with Crippen LogP contribution in [0.15, 0.2) is 0 Å². The lowest BCUT2D eigenvalue weighted by Gasteiger charge is -2.24. The van der Waals surface area contributed by atoms with Gasteiger partial charge in [0.05, 0.1) is 6.54 Å². The molecule has 0 saturated heterocycles. The number of ether oxygens (including phenoxy) is 1. The van der Waals surface area contributed by atoms with Gasteiger partial charge in [-0.25, -0.2) is 4.79 Å². The molecule has 0 atom stereocenters. The van der Waals surface area contributed by atoms with Crippen LogP contribution in [0.1, 0.15) is 34.1 Å². The summed E-state index contributed by atoms with van der Waals surface area (Å²) in [6.45, 7) is 7.68. The number of carbonyl (C=O) groups is 1. The number of nitrogens with two attached hydrogens (primary N) is 1. The maximum atomic E-state index is 11.3. The molecule has 0 aliphatic carbocycles. The van der Waals surface area contributed by atoms with E-state index in [9.17, 15) is 4.79 Å². The minimum Gasteiger partial charge on any atom is -0.442 e. The molecule has 5 heteroatoms. The molecule has 0 aromatic rings. The van der Waals surface area contributed by atoms with Crippen LogP contribution in [0.2, 0.25) is 0 Å². The summed E-state index contributed by atoms with van der Waals surface area (Å²) in [4.78, 5) is 15.6. The fraction of sp³-hybridized carbons (Fsp3) is 0.875. The number of hydrogen-bond acceptors (Lipinski definition) is 4. The van der Waals surface area contributed by atoms with Gasteiger partial charge in [-0.2, -0.15) is 15.9 Å². The number of carbonyl (C=O) groups excluding carboxylic acids is 1. The van der Waals surface area contributed by atoms with Crippen LogP contribution in [0, 0.1) is 0 Å². The zero-order valence-electron chi connectivity index (χ0n) is 8.66. The normalized spacial score (nSPS) is 11.2. The number of hydroxylamine groups is 2. The van der Waals surface area contributed by atoms with E-state index in [0.717, 1.165) is 11.5 Å². The van der Waals surface area contributed by atoms with Crippen LogP contribution in [0.3, 0.4) is 0 Å². The molecule has 13 heavy (non-hydrogen) atoms.